The molecule has 18 heavy (non-hydrogen) atoms. The van der Waals surface area contributed by atoms with Crippen LogP contribution in [0.15, 0.2) is 45.5 Å². The summed E-state index contributed by atoms with van der Waals surface area (Å²) in [5.41, 5.74) is 6.87. The minimum absolute atomic E-state index is 0.308. The Morgan fingerprint density at radius 3 is 2.83 bits per heavy atom. The lowest BCUT2D eigenvalue weighted by Gasteiger charge is -1.99. The van der Waals surface area contributed by atoms with Gasteiger partial charge in [-0.2, -0.15) is 4.98 Å². The highest BCUT2D eigenvalue weighted by molar-refractivity contribution is 6.33. The van der Waals surface area contributed by atoms with Crippen molar-refractivity contribution < 1.29 is 8.94 Å². The number of nitrogens with zero attached hydrogens (tertiary/aromatic N) is 2. The van der Waals surface area contributed by atoms with Crippen molar-refractivity contribution in [2.45, 2.75) is 0 Å². The highest BCUT2D eigenvalue weighted by Crippen LogP contribution is 2.29. The lowest BCUT2D eigenvalue weighted by atomic mass is 10.2. The molecule has 0 amide bonds. The predicted molar refractivity (Wildman–Crippen MR) is 66.9 cm³/mol. The van der Waals surface area contributed by atoms with E-state index in [2.05, 4.69) is 10.1 Å². The normalized spacial score (nSPS) is 10.7. The van der Waals surface area contributed by atoms with Gasteiger partial charge >= 0.3 is 0 Å². The van der Waals surface area contributed by atoms with Crippen LogP contribution in [0.25, 0.3) is 23.0 Å². The minimum Gasteiger partial charge on any atom is -0.459 e. The Balaban J connectivity index is 2.03. The van der Waals surface area contributed by atoms with Crippen LogP contribution in [0.3, 0.4) is 0 Å². The van der Waals surface area contributed by atoms with Crippen molar-refractivity contribution in [2.75, 3.05) is 5.73 Å². The van der Waals surface area contributed by atoms with Crippen LogP contribution in [0.4, 0.5) is 5.69 Å². The highest BCUT2D eigenvalue weighted by Gasteiger charge is 2.14. The Labute approximate surface area is 107 Å². The largest absolute Gasteiger partial charge is 0.459 e. The van der Waals surface area contributed by atoms with Gasteiger partial charge < -0.3 is 14.7 Å². The van der Waals surface area contributed by atoms with Gasteiger partial charge in [-0.1, -0.05) is 16.8 Å². The molecule has 3 rings (SSSR count). The van der Waals surface area contributed by atoms with Gasteiger partial charge in [-0.05, 0) is 30.3 Å². The smallest absolute Gasteiger partial charge is 0.293 e. The molecule has 0 bridgehead atoms. The van der Waals surface area contributed by atoms with E-state index in [-0.39, 0.29) is 0 Å². The number of benzene rings is 1. The van der Waals surface area contributed by atoms with E-state index in [0.717, 1.165) is 0 Å². The molecule has 0 atom stereocenters. The molecule has 0 unspecified atom stereocenters. The number of nitrogen functional groups attached to an aromatic ring is 1. The minimum atomic E-state index is 0.308. The second-order valence-corrected chi connectivity index (χ2v) is 4.05. The maximum atomic E-state index is 6.07. The number of halogens is 1. The van der Waals surface area contributed by atoms with E-state index in [4.69, 9.17) is 26.3 Å². The third kappa shape index (κ3) is 1.84. The number of furan rings is 1. The summed E-state index contributed by atoms with van der Waals surface area (Å²) in [7, 11) is 0. The van der Waals surface area contributed by atoms with Crippen LogP contribution in [0.5, 0.6) is 0 Å². The van der Waals surface area contributed by atoms with Gasteiger partial charge in [0.05, 0.1) is 11.3 Å². The van der Waals surface area contributed by atoms with Crippen molar-refractivity contribution in [3.05, 3.63) is 41.6 Å². The van der Waals surface area contributed by atoms with Gasteiger partial charge in [0.1, 0.15) is 0 Å². The van der Waals surface area contributed by atoms with Gasteiger partial charge in [0.15, 0.2) is 5.76 Å². The average Bonchev–Trinajstić information content (AvgIpc) is 2.99. The first kappa shape index (κ1) is 10.9. The Kier molecular flexibility index (Phi) is 2.53. The molecule has 2 N–H and O–H groups in total. The van der Waals surface area contributed by atoms with Gasteiger partial charge in [0, 0.05) is 11.3 Å². The van der Waals surface area contributed by atoms with Crippen LogP contribution < -0.4 is 5.73 Å². The maximum absolute atomic E-state index is 6.07. The summed E-state index contributed by atoms with van der Waals surface area (Å²) in [6, 6.07) is 8.59. The lowest BCUT2D eigenvalue weighted by molar-refractivity contribution is 0.417. The van der Waals surface area contributed by atoms with E-state index < -0.39 is 0 Å². The van der Waals surface area contributed by atoms with Gasteiger partial charge in [-0.25, -0.2) is 0 Å². The molecule has 2 aromatic heterocycles. The summed E-state index contributed by atoms with van der Waals surface area (Å²) in [6.07, 6.45) is 1.54. The number of aromatic nitrogens is 2. The van der Waals surface area contributed by atoms with Gasteiger partial charge in [-0.3, -0.25) is 0 Å². The van der Waals surface area contributed by atoms with Crippen LogP contribution in [0.1, 0.15) is 0 Å². The molecule has 0 fully saturated rings. The van der Waals surface area contributed by atoms with E-state index >= 15 is 0 Å². The summed E-state index contributed by atoms with van der Waals surface area (Å²) < 4.78 is 10.3. The molecule has 90 valence electrons. The fourth-order valence-electron chi connectivity index (χ4n) is 1.55. The van der Waals surface area contributed by atoms with Gasteiger partial charge in [0.2, 0.25) is 5.82 Å². The van der Waals surface area contributed by atoms with Crippen molar-refractivity contribution >= 4 is 17.3 Å². The second-order valence-electron chi connectivity index (χ2n) is 3.64. The van der Waals surface area contributed by atoms with Crippen LogP contribution >= 0.6 is 11.6 Å². The molecule has 5 nitrogen and oxygen atoms in total. The Morgan fingerprint density at radius 1 is 1.22 bits per heavy atom. The van der Waals surface area contributed by atoms with E-state index in [9.17, 15) is 0 Å². The zero-order valence-corrected chi connectivity index (χ0v) is 9.89. The quantitative estimate of drug-likeness (QED) is 0.717. The summed E-state index contributed by atoms with van der Waals surface area (Å²) in [6.45, 7) is 0. The standard InChI is InChI=1S/C12H8ClN3O2/c13-9-6-7(14)3-4-8(9)11-15-12(18-16-11)10-2-1-5-17-10/h1-6H,14H2. The second kappa shape index (κ2) is 4.19. The van der Waals surface area contributed by atoms with Crippen LogP contribution in [0, 0.1) is 0 Å². The van der Waals surface area contributed by atoms with E-state index in [0.29, 0.717) is 33.7 Å². The van der Waals surface area contributed by atoms with E-state index in [1.807, 2.05) is 0 Å². The topological polar surface area (TPSA) is 78.1 Å². The zero-order valence-electron chi connectivity index (χ0n) is 9.13. The number of hydrogen-bond acceptors (Lipinski definition) is 5. The third-order valence-electron chi connectivity index (χ3n) is 2.39. The molecule has 0 spiro atoms. The molecule has 0 aliphatic heterocycles. The molecule has 2 heterocycles. The summed E-state index contributed by atoms with van der Waals surface area (Å²) >= 11 is 6.07. The predicted octanol–water partition coefficient (Wildman–Crippen LogP) is 3.23. The van der Waals surface area contributed by atoms with Crippen molar-refractivity contribution in [1.29, 1.82) is 0 Å². The van der Waals surface area contributed by atoms with Crippen molar-refractivity contribution in [1.82, 2.24) is 10.1 Å². The molecule has 1 aromatic carbocycles. The van der Waals surface area contributed by atoms with E-state index in [1.54, 1.807) is 30.3 Å². The number of rotatable bonds is 2. The highest BCUT2D eigenvalue weighted by atomic mass is 35.5. The maximum Gasteiger partial charge on any atom is 0.293 e. The molecule has 0 aliphatic rings. The average molecular weight is 262 g/mol. The molecule has 0 saturated heterocycles. The van der Waals surface area contributed by atoms with Gasteiger partial charge in [-0.15, -0.1) is 0 Å². The van der Waals surface area contributed by atoms with E-state index in [1.165, 1.54) is 6.26 Å². The molecular weight excluding hydrogens is 254 g/mol. The SMILES string of the molecule is Nc1ccc(-c2noc(-c3ccco3)n2)c(Cl)c1. The first-order valence-corrected chi connectivity index (χ1v) is 5.55. The molecule has 6 heteroatoms. The molecule has 0 radical (unpaired) electrons. The number of nitrogens with two attached hydrogens (primary N) is 1. The van der Waals surface area contributed by atoms with Crippen molar-refractivity contribution in [2.24, 2.45) is 0 Å². The van der Waals surface area contributed by atoms with Crippen LogP contribution in [-0.2, 0) is 0 Å². The number of anilines is 1. The summed E-state index contributed by atoms with van der Waals surface area (Å²) in [5, 5.41) is 4.34. The number of hydrogen-bond donors (Lipinski definition) is 1. The van der Waals surface area contributed by atoms with Crippen LogP contribution in [0.2, 0.25) is 5.02 Å². The monoisotopic (exact) mass is 261 g/mol. The summed E-state index contributed by atoms with van der Waals surface area (Å²) in [4.78, 5) is 4.22. The zero-order chi connectivity index (χ0) is 12.5. The van der Waals surface area contributed by atoms with Crippen molar-refractivity contribution in [3.63, 3.8) is 0 Å². The lowest BCUT2D eigenvalue weighted by Crippen LogP contribution is -1.87. The summed E-state index contributed by atoms with van der Waals surface area (Å²) in [5.74, 6) is 1.22. The Hall–Kier alpha value is -2.27. The Bertz CT molecular complexity index is 676. The first-order valence-electron chi connectivity index (χ1n) is 5.17. The first-order chi connectivity index (χ1) is 8.74. The fourth-order valence-corrected chi connectivity index (χ4v) is 1.82. The molecule has 0 aliphatic carbocycles. The third-order valence-corrected chi connectivity index (χ3v) is 2.70. The molecule has 0 saturated carbocycles. The van der Waals surface area contributed by atoms with Crippen molar-refractivity contribution in [3.8, 4) is 23.0 Å². The molecular formula is C12H8ClN3O2. The molecule has 3 aromatic rings. The van der Waals surface area contributed by atoms with Crippen LogP contribution in [-0.4, -0.2) is 10.1 Å². The van der Waals surface area contributed by atoms with Gasteiger partial charge in [0.25, 0.3) is 5.89 Å². The fraction of sp³-hybridized carbons (Fsp3) is 0. The Morgan fingerprint density at radius 2 is 2.11 bits per heavy atom.